The normalized spacial score (nSPS) is 14.0. The predicted octanol–water partition coefficient (Wildman–Crippen LogP) is 5.52. The van der Waals surface area contributed by atoms with Gasteiger partial charge in [0.05, 0.1) is 5.56 Å². The van der Waals surface area contributed by atoms with Crippen LogP contribution in [0.5, 0.6) is 0 Å². The number of aryl methyl sites for hydroxylation is 1. The number of likely N-dealkylation sites (tertiary alicyclic amines) is 1. The quantitative estimate of drug-likeness (QED) is 0.602. The van der Waals surface area contributed by atoms with Crippen molar-refractivity contribution in [3.8, 4) is 0 Å². The number of piperidine rings is 1. The number of carboxylic acid groups (broad SMARTS) is 1. The molecule has 3 aromatic rings. The summed E-state index contributed by atoms with van der Waals surface area (Å²) in [5, 5.41) is 14.7. The average Bonchev–Trinajstić information content (AvgIpc) is 2.75. The van der Waals surface area contributed by atoms with Gasteiger partial charge in [0.2, 0.25) is 0 Å². The summed E-state index contributed by atoms with van der Waals surface area (Å²) in [7, 11) is 0. The third kappa shape index (κ3) is 3.63. The van der Waals surface area contributed by atoms with Crippen molar-refractivity contribution in [2.24, 2.45) is 0 Å². The van der Waals surface area contributed by atoms with E-state index >= 15 is 0 Å². The molecule has 0 spiro atoms. The first-order chi connectivity index (χ1) is 14.5. The number of carbonyl (C=O) groups excluding carboxylic acids is 1. The highest BCUT2D eigenvalue weighted by Gasteiger charge is 2.22. The number of nitrogens with zero attached hydrogens (tertiary/aromatic N) is 1. The first-order valence-corrected chi connectivity index (χ1v) is 10.4. The molecule has 0 bridgehead atoms. The fraction of sp³-hybridized carbons (Fsp3) is 0.280. The van der Waals surface area contributed by atoms with Gasteiger partial charge in [-0.05, 0) is 73.9 Å². The summed E-state index contributed by atoms with van der Waals surface area (Å²) in [6, 6.07) is 15.0. The Bertz CT molecular complexity index is 1130. The monoisotopic (exact) mass is 402 g/mol. The number of benzene rings is 3. The van der Waals surface area contributed by atoms with E-state index in [1.165, 1.54) is 6.42 Å². The van der Waals surface area contributed by atoms with E-state index in [-0.39, 0.29) is 11.5 Å². The summed E-state index contributed by atoms with van der Waals surface area (Å²) < 4.78 is 0. The second-order valence-corrected chi connectivity index (χ2v) is 7.92. The van der Waals surface area contributed by atoms with Crippen molar-refractivity contribution >= 4 is 34.0 Å². The SMILES string of the molecule is Cc1c(Nc2ccc(C(=O)N3CCCCC3)c3c(C)cccc23)cccc1C(=O)O. The van der Waals surface area contributed by atoms with Crippen LogP contribution in [0.4, 0.5) is 11.4 Å². The summed E-state index contributed by atoms with van der Waals surface area (Å²) in [5.74, 6) is -0.857. The Hall–Kier alpha value is -3.34. The highest BCUT2D eigenvalue weighted by Crippen LogP contribution is 2.33. The van der Waals surface area contributed by atoms with Crippen LogP contribution in [0.15, 0.2) is 48.5 Å². The molecule has 0 radical (unpaired) electrons. The Kier molecular flexibility index (Phi) is 5.44. The summed E-state index contributed by atoms with van der Waals surface area (Å²) in [4.78, 5) is 26.7. The minimum atomic E-state index is -0.945. The Morgan fingerprint density at radius 2 is 1.60 bits per heavy atom. The molecule has 1 fully saturated rings. The molecule has 5 nitrogen and oxygen atoms in total. The summed E-state index contributed by atoms with van der Waals surface area (Å²) >= 11 is 0. The third-order valence-corrected chi connectivity index (χ3v) is 5.96. The first-order valence-electron chi connectivity index (χ1n) is 10.4. The van der Waals surface area contributed by atoms with Gasteiger partial charge in [-0.1, -0.05) is 24.3 Å². The van der Waals surface area contributed by atoms with Gasteiger partial charge in [0.25, 0.3) is 5.91 Å². The van der Waals surface area contributed by atoms with Crippen molar-refractivity contribution in [3.05, 3.63) is 70.8 Å². The van der Waals surface area contributed by atoms with E-state index in [4.69, 9.17) is 0 Å². The average molecular weight is 402 g/mol. The molecule has 0 saturated carbocycles. The maximum atomic E-state index is 13.2. The highest BCUT2D eigenvalue weighted by atomic mass is 16.4. The molecular formula is C25H26N2O3. The van der Waals surface area contributed by atoms with E-state index in [9.17, 15) is 14.7 Å². The molecule has 0 aromatic heterocycles. The highest BCUT2D eigenvalue weighted by molar-refractivity contribution is 6.12. The molecule has 0 atom stereocenters. The van der Waals surface area contributed by atoms with Crippen LogP contribution < -0.4 is 5.32 Å². The minimum Gasteiger partial charge on any atom is -0.478 e. The molecule has 1 heterocycles. The van der Waals surface area contributed by atoms with Crippen LogP contribution >= 0.6 is 0 Å². The van der Waals surface area contributed by atoms with Gasteiger partial charge in [0.1, 0.15) is 0 Å². The Morgan fingerprint density at radius 1 is 0.867 bits per heavy atom. The topological polar surface area (TPSA) is 69.6 Å². The van der Waals surface area contributed by atoms with Crippen molar-refractivity contribution in [2.45, 2.75) is 33.1 Å². The lowest BCUT2D eigenvalue weighted by Crippen LogP contribution is -2.35. The van der Waals surface area contributed by atoms with Gasteiger partial charge < -0.3 is 15.3 Å². The second kappa shape index (κ2) is 8.19. The van der Waals surface area contributed by atoms with Crippen molar-refractivity contribution in [2.75, 3.05) is 18.4 Å². The van der Waals surface area contributed by atoms with Crippen molar-refractivity contribution in [1.82, 2.24) is 4.90 Å². The van der Waals surface area contributed by atoms with Gasteiger partial charge in [0.15, 0.2) is 0 Å². The standard InChI is InChI=1S/C25H26N2O3/c1-16-8-6-10-19-22(26-21-11-7-9-18(17(21)2)25(29)30)13-12-20(23(16)19)24(28)27-14-4-3-5-15-27/h6-13,26H,3-5,14-15H2,1-2H3,(H,29,30). The fourth-order valence-electron chi connectivity index (χ4n) is 4.29. The molecule has 154 valence electrons. The number of carboxylic acids is 1. The lowest BCUT2D eigenvalue weighted by molar-refractivity contribution is 0.0693. The molecule has 1 aliphatic heterocycles. The zero-order chi connectivity index (χ0) is 21.3. The van der Waals surface area contributed by atoms with E-state index in [1.807, 2.05) is 48.2 Å². The number of rotatable bonds is 4. The molecular weight excluding hydrogens is 376 g/mol. The van der Waals surface area contributed by atoms with Gasteiger partial charge in [-0.25, -0.2) is 4.79 Å². The number of anilines is 2. The second-order valence-electron chi connectivity index (χ2n) is 7.92. The molecule has 3 aromatic carbocycles. The number of fused-ring (bicyclic) bond motifs is 1. The van der Waals surface area contributed by atoms with Gasteiger partial charge in [0, 0.05) is 35.4 Å². The Labute approximate surface area is 176 Å². The fourth-order valence-corrected chi connectivity index (χ4v) is 4.29. The molecule has 0 unspecified atom stereocenters. The maximum Gasteiger partial charge on any atom is 0.336 e. The minimum absolute atomic E-state index is 0.0876. The molecule has 4 rings (SSSR count). The molecule has 30 heavy (non-hydrogen) atoms. The lowest BCUT2D eigenvalue weighted by Gasteiger charge is -2.27. The van der Waals surface area contributed by atoms with E-state index in [1.54, 1.807) is 19.1 Å². The van der Waals surface area contributed by atoms with Crippen LogP contribution in [0.1, 0.15) is 51.1 Å². The van der Waals surface area contributed by atoms with Crippen LogP contribution in [0.3, 0.4) is 0 Å². The van der Waals surface area contributed by atoms with Crippen LogP contribution in [0.25, 0.3) is 10.8 Å². The first kappa shape index (κ1) is 20.0. The number of hydrogen-bond donors (Lipinski definition) is 2. The largest absolute Gasteiger partial charge is 0.478 e. The van der Waals surface area contributed by atoms with Crippen LogP contribution in [0, 0.1) is 13.8 Å². The maximum absolute atomic E-state index is 13.2. The molecule has 1 saturated heterocycles. The van der Waals surface area contributed by atoms with Gasteiger partial charge >= 0.3 is 5.97 Å². The summed E-state index contributed by atoms with van der Waals surface area (Å²) in [6.07, 6.45) is 3.30. The Balaban J connectivity index is 1.78. The zero-order valence-corrected chi connectivity index (χ0v) is 17.4. The van der Waals surface area contributed by atoms with E-state index < -0.39 is 5.97 Å². The number of nitrogens with one attached hydrogen (secondary N) is 1. The van der Waals surface area contributed by atoms with Gasteiger partial charge in [-0.2, -0.15) is 0 Å². The predicted molar refractivity (Wildman–Crippen MR) is 120 cm³/mol. The number of aromatic carboxylic acids is 1. The van der Waals surface area contributed by atoms with Crippen molar-refractivity contribution in [1.29, 1.82) is 0 Å². The zero-order valence-electron chi connectivity index (χ0n) is 17.4. The van der Waals surface area contributed by atoms with Crippen LogP contribution in [0.2, 0.25) is 0 Å². The molecule has 2 N–H and O–H groups in total. The van der Waals surface area contributed by atoms with E-state index in [0.29, 0.717) is 5.56 Å². The van der Waals surface area contributed by atoms with E-state index in [2.05, 4.69) is 5.32 Å². The number of amides is 1. The van der Waals surface area contributed by atoms with Crippen LogP contribution in [-0.2, 0) is 0 Å². The number of carbonyl (C=O) groups is 2. The summed E-state index contributed by atoms with van der Waals surface area (Å²) in [6.45, 7) is 5.45. The van der Waals surface area contributed by atoms with Crippen LogP contribution in [-0.4, -0.2) is 35.0 Å². The summed E-state index contributed by atoms with van der Waals surface area (Å²) in [5.41, 5.74) is 4.33. The number of hydrogen-bond acceptors (Lipinski definition) is 3. The van der Waals surface area contributed by atoms with Gasteiger partial charge in [-0.3, -0.25) is 4.79 Å². The smallest absolute Gasteiger partial charge is 0.336 e. The van der Waals surface area contributed by atoms with Crippen molar-refractivity contribution in [3.63, 3.8) is 0 Å². The van der Waals surface area contributed by atoms with Gasteiger partial charge in [-0.15, -0.1) is 0 Å². The third-order valence-electron chi connectivity index (χ3n) is 5.96. The van der Waals surface area contributed by atoms with E-state index in [0.717, 1.165) is 59.2 Å². The molecule has 1 aliphatic rings. The van der Waals surface area contributed by atoms with Crippen molar-refractivity contribution < 1.29 is 14.7 Å². The molecule has 0 aliphatic carbocycles. The molecule has 1 amide bonds. The Morgan fingerprint density at radius 3 is 2.33 bits per heavy atom. The lowest BCUT2D eigenvalue weighted by atomic mass is 9.96. The molecule has 5 heteroatoms.